The van der Waals surface area contributed by atoms with Crippen molar-refractivity contribution in [3.8, 4) is 5.75 Å². The lowest BCUT2D eigenvalue weighted by Crippen LogP contribution is -2.32. The van der Waals surface area contributed by atoms with Crippen molar-refractivity contribution in [3.63, 3.8) is 0 Å². The van der Waals surface area contributed by atoms with Gasteiger partial charge in [-0.1, -0.05) is 36.4 Å². The van der Waals surface area contributed by atoms with Gasteiger partial charge in [-0.15, -0.1) is 0 Å². The van der Waals surface area contributed by atoms with E-state index < -0.39 is 0 Å². The summed E-state index contributed by atoms with van der Waals surface area (Å²) in [6.45, 7) is 0.593. The van der Waals surface area contributed by atoms with Crippen LogP contribution in [0.5, 0.6) is 5.75 Å². The van der Waals surface area contributed by atoms with Gasteiger partial charge in [-0.05, 0) is 24.1 Å². The third kappa shape index (κ3) is 3.27. The van der Waals surface area contributed by atoms with Crippen molar-refractivity contribution in [2.75, 3.05) is 6.61 Å². The van der Waals surface area contributed by atoms with Crippen LogP contribution in [0.2, 0.25) is 0 Å². The van der Waals surface area contributed by atoms with Gasteiger partial charge in [-0.25, -0.2) is 4.39 Å². The zero-order chi connectivity index (χ0) is 15.4. The lowest BCUT2D eigenvalue weighted by atomic mass is 10.00. The van der Waals surface area contributed by atoms with E-state index in [1.54, 1.807) is 18.2 Å². The molecular weight excluding hydrogens is 281 g/mol. The number of carbonyl (C=O) groups excluding carboxylic acids is 1. The van der Waals surface area contributed by atoms with Crippen molar-refractivity contribution >= 4 is 5.91 Å². The molecule has 1 aliphatic rings. The van der Waals surface area contributed by atoms with Crippen LogP contribution in [0.3, 0.4) is 0 Å². The average Bonchev–Trinajstić information content (AvgIpc) is 2.54. The minimum absolute atomic E-state index is 0.0296. The van der Waals surface area contributed by atoms with Crippen molar-refractivity contribution in [3.05, 3.63) is 65.5 Å². The van der Waals surface area contributed by atoms with E-state index in [1.165, 1.54) is 6.07 Å². The van der Waals surface area contributed by atoms with Gasteiger partial charge in [0.15, 0.2) is 0 Å². The Kier molecular flexibility index (Phi) is 4.37. The highest BCUT2D eigenvalue weighted by molar-refractivity contribution is 5.77. The number of fused-ring (bicyclic) bond motifs is 1. The van der Waals surface area contributed by atoms with Crippen LogP contribution in [0.25, 0.3) is 0 Å². The second kappa shape index (κ2) is 6.60. The van der Waals surface area contributed by atoms with Crippen LogP contribution in [0.1, 0.15) is 30.0 Å². The fourth-order valence-electron chi connectivity index (χ4n) is 2.71. The molecule has 3 rings (SSSR count). The molecule has 0 unspecified atom stereocenters. The molecule has 3 nitrogen and oxygen atoms in total. The first kappa shape index (κ1) is 14.6. The van der Waals surface area contributed by atoms with Gasteiger partial charge < -0.3 is 10.1 Å². The van der Waals surface area contributed by atoms with Crippen LogP contribution in [-0.4, -0.2) is 12.5 Å². The number of halogens is 1. The maximum absolute atomic E-state index is 13.5. The largest absolute Gasteiger partial charge is 0.493 e. The van der Waals surface area contributed by atoms with Crippen LogP contribution in [0, 0.1) is 5.82 Å². The molecule has 4 heteroatoms. The van der Waals surface area contributed by atoms with Gasteiger partial charge >= 0.3 is 0 Å². The molecule has 0 aliphatic carbocycles. The molecule has 1 atom stereocenters. The van der Waals surface area contributed by atoms with E-state index in [2.05, 4.69) is 5.32 Å². The predicted molar refractivity (Wildman–Crippen MR) is 82.2 cm³/mol. The molecule has 22 heavy (non-hydrogen) atoms. The molecule has 0 saturated heterocycles. The summed E-state index contributed by atoms with van der Waals surface area (Å²) in [5.41, 5.74) is 1.58. The lowest BCUT2D eigenvalue weighted by molar-refractivity contribution is -0.122. The van der Waals surface area contributed by atoms with Crippen LogP contribution in [-0.2, 0) is 11.2 Å². The first-order valence-electron chi connectivity index (χ1n) is 7.48. The number of aryl methyl sites for hydroxylation is 1. The van der Waals surface area contributed by atoms with Crippen LogP contribution in [0.15, 0.2) is 48.5 Å². The quantitative estimate of drug-likeness (QED) is 0.939. The van der Waals surface area contributed by atoms with E-state index in [0.29, 0.717) is 18.6 Å². The second-order valence-electron chi connectivity index (χ2n) is 5.39. The number of carbonyl (C=O) groups is 1. The normalized spacial score (nSPS) is 16.5. The van der Waals surface area contributed by atoms with Crippen LogP contribution < -0.4 is 10.1 Å². The van der Waals surface area contributed by atoms with E-state index in [0.717, 1.165) is 17.7 Å². The molecule has 1 amide bonds. The van der Waals surface area contributed by atoms with Gasteiger partial charge in [0.25, 0.3) is 0 Å². The zero-order valence-electron chi connectivity index (χ0n) is 12.2. The molecule has 0 radical (unpaired) electrons. The fraction of sp³-hybridized carbons (Fsp3) is 0.278. The molecule has 2 aromatic rings. The smallest absolute Gasteiger partial charge is 0.220 e. The number of para-hydroxylation sites is 1. The van der Waals surface area contributed by atoms with Crippen LogP contribution >= 0.6 is 0 Å². The number of hydrogen-bond donors (Lipinski definition) is 1. The third-order valence-electron chi connectivity index (χ3n) is 3.87. The summed E-state index contributed by atoms with van der Waals surface area (Å²) in [5, 5.41) is 3.02. The minimum Gasteiger partial charge on any atom is -0.493 e. The van der Waals surface area contributed by atoms with Gasteiger partial charge in [0, 0.05) is 18.4 Å². The number of nitrogens with one attached hydrogen (secondary N) is 1. The summed E-state index contributed by atoms with van der Waals surface area (Å²) < 4.78 is 19.1. The summed E-state index contributed by atoms with van der Waals surface area (Å²) >= 11 is 0. The van der Waals surface area contributed by atoms with Crippen molar-refractivity contribution in [1.82, 2.24) is 5.32 Å². The van der Waals surface area contributed by atoms with Gasteiger partial charge in [-0.2, -0.15) is 0 Å². The number of hydrogen-bond acceptors (Lipinski definition) is 2. The van der Waals surface area contributed by atoms with Crippen molar-refractivity contribution in [2.45, 2.75) is 25.3 Å². The highest BCUT2D eigenvalue weighted by Gasteiger charge is 2.22. The topological polar surface area (TPSA) is 38.3 Å². The third-order valence-corrected chi connectivity index (χ3v) is 3.87. The zero-order valence-corrected chi connectivity index (χ0v) is 12.2. The Morgan fingerprint density at radius 2 is 1.95 bits per heavy atom. The summed E-state index contributed by atoms with van der Waals surface area (Å²) in [5.74, 6) is 0.504. The molecule has 0 bridgehead atoms. The van der Waals surface area contributed by atoms with Crippen molar-refractivity contribution in [2.24, 2.45) is 0 Å². The Bertz CT molecular complexity index is 672. The number of benzene rings is 2. The molecule has 0 fully saturated rings. The minimum atomic E-state index is -0.258. The van der Waals surface area contributed by atoms with Gasteiger partial charge in [0.1, 0.15) is 11.6 Å². The summed E-state index contributed by atoms with van der Waals surface area (Å²) in [4.78, 5) is 12.1. The van der Waals surface area contributed by atoms with E-state index >= 15 is 0 Å². The monoisotopic (exact) mass is 299 g/mol. The SMILES string of the molecule is O=C(CCc1ccccc1F)N[C@@H]1CCOc2ccccc21. The number of rotatable bonds is 4. The predicted octanol–water partition coefficient (Wildman–Crippen LogP) is 3.40. The van der Waals surface area contributed by atoms with Gasteiger partial charge in [0.05, 0.1) is 12.6 Å². The molecule has 0 spiro atoms. The number of ether oxygens (including phenoxy) is 1. The molecule has 2 aromatic carbocycles. The Morgan fingerprint density at radius 1 is 1.18 bits per heavy atom. The maximum Gasteiger partial charge on any atom is 0.220 e. The summed E-state index contributed by atoms with van der Waals surface area (Å²) in [7, 11) is 0. The Labute approximate surface area is 129 Å². The highest BCUT2D eigenvalue weighted by atomic mass is 19.1. The van der Waals surface area contributed by atoms with Crippen LogP contribution in [0.4, 0.5) is 4.39 Å². The molecule has 1 heterocycles. The summed E-state index contributed by atoms with van der Waals surface area (Å²) in [6.07, 6.45) is 1.44. The Balaban J connectivity index is 1.60. The van der Waals surface area contributed by atoms with Crippen molar-refractivity contribution in [1.29, 1.82) is 0 Å². The van der Waals surface area contributed by atoms with Gasteiger partial charge in [-0.3, -0.25) is 4.79 Å². The Hall–Kier alpha value is -2.36. The second-order valence-corrected chi connectivity index (χ2v) is 5.39. The first-order chi connectivity index (χ1) is 10.7. The number of amides is 1. The van der Waals surface area contributed by atoms with Gasteiger partial charge in [0.2, 0.25) is 5.91 Å². The molecule has 1 N–H and O–H groups in total. The average molecular weight is 299 g/mol. The molecule has 114 valence electrons. The summed E-state index contributed by atoms with van der Waals surface area (Å²) in [6, 6.07) is 14.3. The van der Waals surface area contributed by atoms with E-state index in [1.807, 2.05) is 24.3 Å². The maximum atomic E-state index is 13.5. The first-order valence-corrected chi connectivity index (χ1v) is 7.48. The standard InChI is InChI=1S/C18H18FNO2/c19-15-7-3-1-5-13(15)9-10-18(21)20-16-11-12-22-17-8-4-2-6-14(16)17/h1-8,16H,9-12H2,(H,20,21)/t16-/m1/s1. The van der Waals surface area contributed by atoms with E-state index in [-0.39, 0.29) is 24.2 Å². The molecule has 0 saturated carbocycles. The molecule has 1 aliphatic heterocycles. The lowest BCUT2D eigenvalue weighted by Gasteiger charge is -2.26. The van der Waals surface area contributed by atoms with Crippen molar-refractivity contribution < 1.29 is 13.9 Å². The fourth-order valence-corrected chi connectivity index (χ4v) is 2.71. The van der Waals surface area contributed by atoms with E-state index in [4.69, 9.17) is 4.74 Å². The Morgan fingerprint density at radius 3 is 2.82 bits per heavy atom. The molecule has 0 aromatic heterocycles. The highest BCUT2D eigenvalue weighted by Crippen LogP contribution is 2.31. The van der Waals surface area contributed by atoms with E-state index in [9.17, 15) is 9.18 Å². The molecular formula is C18H18FNO2.